The molecule has 1 rings (SSSR count). The Hall–Kier alpha value is -1.36. The van der Waals surface area contributed by atoms with E-state index in [1.54, 1.807) is 23.2 Å². The number of rotatable bonds is 7. The molecule has 1 heterocycles. The molecule has 1 aromatic rings. The summed E-state index contributed by atoms with van der Waals surface area (Å²) in [5.41, 5.74) is 0. The summed E-state index contributed by atoms with van der Waals surface area (Å²) in [6.07, 6.45) is 0.341. The standard InChI is InChI=1S/C13H19NO3S/c1-3-14(9-11-5-4-6-18-11)12(15)7-10(2)8-13(16)17/h4-6,10H,3,7-9H2,1-2H3,(H,16,17). The molecule has 100 valence electrons. The molecular formula is C13H19NO3S. The first-order chi connectivity index (χ1) is 8.52. The van der Waals surface area contributed by atoms with Crippen LogP contribution in [0.25, 0.3) is 0 Å². The number of carbonyl (C=O) groups excluding carboxylic acids is 1. The molecule has 0 aliphatic carbocycles. The Kier molecular flexibility index (Phi) is 5.85. The normalized spacial score (nSPS) is 12.1. The van der Waals surface area contributed by atoms with Gasteiger partial charge in [-0.1, -0.05) is 13.0 Å². The molecule has 1 unspecified atom stereocenters. The van der Waals surface area contributed by atoms with E-state index in [1.807, 2.05) is 24.4 Å². The monoisotopic (exact) mass is 269 g/mol. The van der Waals surface area contributed by atoms with E-state index in [1.165, 1.54) is 0 Å². The Morgan fingerprint density at radius 3 is 2.67 bits per heavy atom. The Morgan fingerprint density at radius 1 is 1.44 bits per heavy atom. The van der Waals surface area contributed by atoms with Gasteiger partial charge in [0.1, 0.15) is 0 Å². The molecule has 4 nitrogen and oxygen atoms in total. The van der Waals surface area contributed by atoms with Crippen molar-refractivity contribution in [2.24, 2.45) is 5.92 Å². The fourth-order valence-electron chi connectivity index (χ4n) is 1.76. The van der Waals surface area contributed by atoms with Crippen LogP contribution in [0.15, 0.2) is 17.5 Å². The van der Waals surface area contributed by atoms with Gasteiger partial charge in [0, 0.05) is 24.3 Å². The molecule has 18 heavy (non-hydrogen) atoms. The van der Waals surface area contributed by atoms with Crippen molar-refractivity contribution in [1.82, 2.24) is 4.90 Å². The van der Waals surface area contributed by atoms with Crippen LogP contribution in [0.1, 0.15) is 31.6 Å². The van der Waals surface area contributed by atoms with E-state index in [-0.39, 0.29) is 18.2 Å². The summed E-state index contributed by atoms with van der Waals surface area (Å²) in [6.45, 7) is 5.00. The Bertz CT molecular complexity index is 389. The van der Waals surface area contributed by atoms with Crippen LogP contribution < -0.4 is 0 Å². The highest BCUT2D eigenvalue weighted by atomic mass is 32.1. The highest BCUT2D eigenvalue weighted by Gasteiger charge is 2.17. The molecule has 0 aromatic carbocycles. The van der Waals surface area contributed by atoms with E-state index >= 15 is 0 Å². The van der Waals surface area contributed by atoms with E-state index in [0.717, 1.165) is 4.88 Å². The smallest absolute Gasteiger partial charge is 0.303 e. The van der Waals surface area contributed by atoms with Crippen molar-refractivity contribution in [3.63, 3.8) is 0 Å². The first-order valence-corrected chi connectivity index (χ1v) is 6.92. The van der Waals surface area contributed by atoms with Gasteiger partial charge in [0.25, 0.3) is 0 Å². The Balaban J connectivity index is 2.49. The van der Waals surface area contributed by atoms with Gasteiger partial charge in [-0.15, -0.1) is 11.3 Å². The average Bonchev–Trinajstić information content (AvgIpc) is 2.76. The molecule has 0 saturated carbocycles. The number of carboxylic acid groups (broad SMARTS) is 1. The highest BCUT2D eigenvalue weighted by molar-refractivity contribution is 7.09. The van der Waals surface area contributed by atoms with Crippen molar-refractivity contribution < 1.29 is 14.7 Å². The van der Waals surface area contributed by atoms with Gasteiger partial charge in [0.05, 0.1) is 6.54 Å². The van der Waals surface area contributed by atoms with Crippen molar-refractivity contribution in [1.29, 1.82) is 0 Å². The summed E-state index contributed by atoms with van der Waals surface area (Å²) < 4.78 is 0. The zero-order chi connectivity index (χ0) is 13.5. The van der Waals surface area contributed by atoms with Gasteiger partial charge in [-0.05, 0) is 24.3 Å². The molecule has 5 heteroatoms. The summed E-state index contributed by atoms with van der Waals surface area (Å²) in [6, 6.07) is 3.96. The third kappa shape index (κ3) is 4.87. The van der Waals surface area contributed by atoms with Gasteiger partial charge in [-0.3, -0.25) is 9.59 Å². The molecule has 1 amide bonds. The zero-order valence-corrected chi connectivity index (χ0v) is 11.6. The fourth-order valence-corrected chi connectivity index (χ4v) is 2.48. The lowest BCUT2D eigenvalue weighted by atomic mass is 10.0. The first-order valence-electron chi connectivity index (χ1n) is 6.04. The minimum atomic E-state index is -0.850. The second-order valence-electron chi connectivity index (χ2n) is 4.39. The predicted octanol–water partition coefficient (Wildman–Crippen LogP) is 2.60. The van der Waals surface area contributed by atoms with Crippen molar-refractivity contribution in [3.8, 4) is 0 Å². The van der Waals surface area contributed by atoms with Crippen LogP contribution in [-0.2, 0) is 16.1 Å². The molecule has 0 aliphatic heterocycles. The molecular weight excluding hydrogens is 250 g/mol. The van der Waals surface area contributed by atoms with Crippen LogP contribution in [0.2, 0.25) is 0 Å². The lowest BCUT2D eigenvalue weighted by molar-refractivity contribution is -0.138. The number of nitrogens with zero attached hydrogens (tertiary/aromatic N) is 1. The number of carbonyl (C=O) groups is 2. The molecule has 0 spiro atoms. The van der Waals surface area contributed by atoms with E-state index in [4.69, 9.17) is 5.11 Å². The third-order valence-corrected chi connectivity index (χ3v) is 3.57. The topological polar surface area (TPSA) is 57.6 Å². The van der Waals surface area contributed by atoms with Crippen LogP contribution in [0.4, 0.5) is 0 Å². The van der Waals surface area contributed by atoms with Crippen LogP contribution in [-0.4, -0.2) is 28.4 Å². The molecule has 1 aromatic heterocycles. The molecule has 0 fully saturated rings. The molecule has 0 bridgehead atoms. The Morgan fingerprint density at radius 2 is 2.17 bits per heavy atom. The number of thiophene rings is 1. The minimum absolute atomic E-state index is 0.0275. The van der Waals surface area contributed by atoms with Gasteiger partial charge in [-0.25, -0.2) is 0 Å². The molecule has 0 aliphatic rings. The van der Waals surface area contributed by atoms with Crippen LogP contribution in [0.5, 0.6) is 0 Å². The number of amides is 1. The van der Waals surface area contributed by atoms with Crippen molar-refractivity contribution in [2.75, 3.05) is 6.54 Å². The fraction of sp³-hybridized carbons (Fsp3) is 0.538. The SMILES string of the molecule is CCN(Cc1cccs1)C(=O)CC(C)CC(=O)O. The van der Waals surface area contributed by atoms with Crippen LogP contribution in [0.3, 0.4) is 0 Å². The number of aliphatic carboxylic acids is 1. The number of hydrogen-bond acceptors (Lipinski definition) is 3. The minimum Gasteiger partial charge on any atom is -0.481 e. The summed E-state index contributed by atoms with van der Waals surface area (Å²) in [4.78, 5) is 25.5. The van der Waals surface area contributed by atoms with Crippen LogP contribution >= 0.6 is 11.3 Å². The zero-order valence-electron chi connectivity index (χ0n) is 10.8. The van der Waals surface area contributed by atoms with Gasteiger partial charge in [0.2, 0.25) is 5.91 Å². The van der Waals surface area contributed by atoms with Crippen molar-refractivity contribution >= 4 is 23.2 Å². The molecule has 1 atom stereocenters. The summed E-state index contributed by atoms with van der Waals surface area (Å²) in [7, 11) is 0. The highest BCUT2D eigenvalue weighted by Crippen LogP contribution is 2.15. The maximum atomic E-state index is 12.0. The first kappa shape index (κ1) is 14.7. The lowest BCUT2D eigenvalue weighted by Crippen LogP contribution is -2.31. The third-order valence-electron chi connectivity index (χ3n) is 2.71. The second kappa shape index (κ2) is 7.16. The Labute approximate surface area is 111 Å². The van der Waals surface area contributed by atoms with Crippen LogP contribution in [0, 0.1) is 5.92 Å². The maximum absolute atomic E-state index is 12.0. The molecule has 0 saturated heterocycles. The summed E-state index contributed by atoms with van der Waals surface area (Å²) in [5, 5.41) is 10.7. The van der Waals surface area contributed by atoms with E-state index in [0.29, 0.717) is 19.5 Å². The van der Waals surface area contributed by atoms with Crippen molar-refractivity contribution in [2.45, 2.75) is 33.2 Å². The summed E-state index contributed by atoms with van der Waals surface area (Å²) in [5.74, 6) is -0.941. The van der Waals surface area contributed by atoms with E-state index in [2.05, 4.69) is 0 Å². The second-order valence-corrected chi connectivity index (χ2v) is 5.43. The number of carboxylic acids is 1. The number of hydrogen-bond donors (Lipinski definition) is 1. The van der Waals surface area contributed by atoms with Gasteiger partial charge in [-0.2, -0.15) is 0 Å². The lowest BCUT2D eigenvalue weighted by Gasteiger charge is -2.21. The molecule has 0 radical (unpaired) electrons. The van der Waals surface area contributed by atoms with E-state index in [9.17, 15) is 9.59 Å². The largest absolute Gasteiger partial charge is 0.481 e. The van der Waals surface area contributed by atoms with Gasteiger partial charge >= 0.3 is 5.97 Å². The maximum Gasteiger partial charge on any atom is 0.303 e. The van der Waals surface area contributed by atoms with E-state index < -0.39 is 5.97 Å². The quantitative estimate of drug-likeness (QED) is 0.827. The molecule has 1 N–H and O–H groups in total. The van der Waals surface area contributed by atoms with Crippen molar-refractivity contribution in [3.05, 3.63) is 22.4 Å². The van der Waals surface area contributed by atoms with Gasteiger partial charge < -0.3 is 10.0 Å². The summed E-state index contributed by atoms with van der Waals surface area (Å²) >= 11 is 1.63. The predicted molar refractivity (Wildman–Crippen MR) is 71.4 cm³/mol. The van der Waals surface area contributed by atoms with Gasteiger partial charge in [0.15, 0.2) is 0 Å². The average molecular weight is 269 g/mol.